The first-order valence-corrected chi connectivity index (χ1v) is 10.00. The van der Waals surface area contributed by atoms with Gasteiger partial charge in [0.05, 0.1) is 5.69 Å². The molecule has 2 heterocycles. The van der Waals surface area contributed by atoms with Crippen molar-refractivity contribution in [2.24, 2.45) is 0 Å². The molecule has 1 unspecified atom stereocenters. The van der Waals surface area contributed by atoms with Crippen LogP contribution in [0.15, 0.2) is 72.1 Å². The minimum atomic E-state index is -0.125. The van der Waals surface area contributed by atoms with Crippen molar-refractivity contribution in [3.05, 3.63) is 88.4 Å². The summed E-state index contributed by atoms with van der Waals surface area (Å²) in [5.74, 6) is -0.125. The van der Waals surface area contributed by atoms with Crippen molar-refractivity contribution in [1.29, 1.82) is 0 Å². The Bertz CT molecular complexity index is 811. The van der Waals surface area contributed by atoms with E-state index < -0.39 is 0 Å². The van der Waals surface area contributed by atoms with Crippen molar-refractivity contribution in [3.63, 3.8) is 0 Å². The Morgan fingerprint density at radius 1 is 0.846 bits per heavy atom. The van der Waals surface area contributed by atoms with Gasteiger partial charge in [-0.25, -0.2) is 4.39 Å². The van der Waals surface area contributed by atoms with E-state index in [2.05, 4.69) is 57.6 Å². The molecule has 0 N–H and O–H groups in total. The molecule has 4 heteroatoms. The highest BCUT2D eigenvalue weighted by atomic mass is 32.1. The van der Waals surface area contributed by atoms with Gasteiger partial charge in [0, 0.05) is 37.1 Å². The largest absolute Gasteiger partial charge is 0.367 e. The van der Waals surface area contributed by atoms with Crippen LogP contribution in [0.2, 0.25) is 0 Å². The van der Waals surface area contributed by atoms with Crippen molar-refractivity contribution in [3.8, 4) is 0 Å². The lowest BCUT2D eigenvalue weighted by atomic mass is 10.0. The topological polar surface area (TPSA) is 6.48 Å². The van der Waals surface area contributed by atoms with Crippen LogP contribution in [0.5, 0.6) is 0 Å². The summed E-state index contributed by atoms with van der Waals surface area (Å²) in [6.45, 7) is 3.61. The predicted molar refractivity (Wildman–Crippen MR) is 107 cm³/mol. The van der Waals surface area contributed by atoms with Crippen molar-refractivity contribution in [2.75, 3.05) is 31.1 Å². The molecule has 0 bridgehead atoms. The number of anilines is 1. The van der Waals surface area contributed by atoms with Gasteiger partial charge in [-0.15, -0.1) is 11.3 Å². The molecule has 0 saturated carbocycles. The third-order valence-corrected chi connectivity index (χ3v) is 6.07. The normalized spacial score (nSPS) is 16.6. The number of benzene rings is 2. The van der Waals surface area contributed by atoms with E-state index in [1.165, 1.54) is 10.4 Å². The fourth-order valence-corrected chi connectivity index (χ4v) is 4.57. The second kappa shape index (κ2) is 8.02. The quantitative estimate of drug-likeness (QED) is 0.627. The zero-order valence-electron chi connectivity index (χ0n) is 14.7. The van der Waals surface area contributed by atoms with Gasteiger partial charge in [-0.3, -0.25) is 4.90 Å². The summed E-state index contributed by atoms with van der Waals surface area (Å²) in [4.78, 5) is 6.13. The molecule has 134 valence electrons. The van der Waals surface area contributed by atoms with E-state index in [-0.39, 0.29) is 5.82 Å². The molecule has 0 spiro atoms. The standard InChI is InChI=1S/C22H23FN2S/c23-19-9-4-5-10-20(19)24-12-14-25(15-13-24)21(22-11-6-16-26-22)17-18-7-2-1-3-8-18/h1-11,16,21H,12-15,17H2. The van der Waals surface area contributed by atoms with Crippen LogP contribution < -0.4 is 4.90 Å². The maximum atomic E-state index is 14.1. The molecule has 0 radical (unpaired) electrons. The lowest BCUT2D eigenvalue weighted by molar-refractivity contribution is 0.187. The summed E-state index contributed by atoms with van der Waals surface area (Å²) in [5.41, 5.74) is 2.09. The number of hydrogen-bond acceptors (Lipinski definition) is 3. The van der Waals surface area contributed by atoms with E-state index in [0.717, 1.165) is 38.3 Å². The van der Waals surface area contributed by atoms with E-state index in [1.807, 2.05) is 23.5 Å². The highest BCUT2D eigenvalue weighted by molar-refractivity contribution is 7.10. The Labute approximate surface area is 158 Å². The summed E-state index contributed by atoms with van der Waals surface area (Å²) < 4.78 is 14.1. The van der Waals surface area contributed by atoms with Gasteiger partial charge < -0.3 is 4.90 Å². The SMILES string of the molecule is Fc1ccccc1N1CCN(C(Cc2ccccc2)c2cccs2)CC1. The van der Waals surface area contributed by atoms with Gasteiger partial charge in [0.1, 0.15) is 5.82 Å². The minimum absolute atomic E-state index is 0.125. The Kier molecular flexibility index (Phi) is 5.32. The number of thiophene rings is 1. The summed E-state index contributed by atoms with van der Waals surface area (Å²) in [5, 5.41) is 2.16. The Balaban J connectivity index is 1.48. The monoisotopic (exact) mass is 366 g/mol. The van der Waals surface area contributed by atoms with E-state index in [9.17, 15) is 4.39 Å². The van der Waals surface area contributed by atoms with E-state index >= 15 is 0 Å². The molecule has 26 heavy (non-hydrogen) atoms. The second-order valence-corrected chi connectivity index (χ2v) is 7.67. The Morgan fingerprint density at radius 2 is 1.58 bits per heavy atom. The highest BCUT2D eigenvalue weighted by Gasteiger charge is 2.26. The summed E-state index contributed by atoms with van der Waals surface area (Å²) in [6.07, 6.45) is 1.01. The molecule has 1 aliphatic heterocycles. The fourth-order valence-electron chi connectivity index (χ4n) is 3.71. The van der Waals surface area contributed by atoms with Crippen LogP contribution in [-0.4, -0.2) is 31.1 Å². The van der Waals surface area contributed by atoms with E-state index in [1.54, 1.807) is 12.1 Å². The van der Waals surface area contributed by atoms with E-state index in [4.69, 9.17) is 0 Å². The molecule has 1 atom stereocenters. The number of hydrogen-bond donors (Lipinski definition) is 0. The molecule has 1 aliphatic rings. The Hall–Kier alpha value is -2.17. The van der Waals surface area contributed by atoms with Crippen LogP contribution >= 0.6 is 11.3 Å². The molecule has 1 aromatic heterocycles. The molecular formula is C22H23FN2S. The average molecular weight is 367 g/mol. The fraction of sp³-hybridized carbons (Fsp3) is 0.273. The van der Waals surface area contributed by atoms with Crippen LogP contribution in [0.4, 0.5) is 10.1 Å². The molecule has 0 amide bonds. The number of piperazine rings is 1. The van der Waals surface area contributed by atoms with E-state index in [0.29, 0.717) is 6.04 Å². The smallest absolute Gasteiger partial charge is 0.146 e. The van der Waals surface area contributed by atoms with Gasteiger partial charge in [0.25, 0.3) is 0 Å². The molecule has 1 saturated heterocycles. The number of para-hydroxylation sites is 1. The number of nitrogens with zero attached hydrogens (tertiary/aromatic N) is 2. The molecule has 0 aliphatic carbocycles. The maximum absolute atomic E-state index is 14.1. The van der Waals surface area contributed by atoms with Crippen molar-refractivity contribution < 1.29 is 4.39 Å². The van der Waals surface area contributed by atoms with Gasteiger partial charge in [-0.2, -0.15) is 0 Å². The first-order valence-electron chi connectivity index (χ1n) is 9.12. The first kappa shape index (κ1) is 17.3. The van der Waals surface area contributed by atoms with Gasteiger partial charge in [-0.05, 0) is 35.6 Å². The molecule has 2 nitrogen and oxygen atoms in total. The van der Waals surface area contributed by atoms with Crippen molar-refractivity contribution >= 4 is 17.0 Å². The second-order valence-electron chi connectivity index (χ2n) is 6.70. The van der Waals surface area contributed by atoms with Gasteiger partial charge >= 0.3 is 0 Å². The van der Waals surface area contributed by atoms with Crippen molar-refractivity contribution in [2.45, 2.75) is 12.5 Å². The number of halogens is 1. The molecule has 1 fully saturated rings. The number of rotatable bonds is 5. The first-order chi connectivity index (χ1) is 12.8. The average Bonchev–Trinajstić information content (AvgIpc) is 3.22. The van der Waals surface area contributed by atoms with Crippen LogP contribution in [0.3, 0.4) is 0 Å². The molecule has 4 rings (SSSR count). The van der Waals surface area contributed by atoms with Gasteiger partial charge in [0.2, 0.25) is 0 Å². The molecule has 2 aromatic carbocycles. The zero-order valence-corrected chi connectivity index (χ0v) is 15.5. The van der Waals surface area contributed by atoms with Crippen LogP contribution in [0.25, 0.3) is 0 Å². The van der Waals surface area contributed by atoms with Crippen LogP contribution in [0.1, 0.15) is 16.5 Å². The summed E-state index contributed by atoms with van der Waals surface area (Å²) in [6, 6.07) is 22.5. The summed E-state index contributed by atoms with van der Waals surface area (Å²) >= 11 is 1.83. The van der Waals surface area contributed by atoms with Gasteiger partial charge in [-0.1, -0.05) is 48.5 Å². The van der Waals surface area contributed by atoms with Crippen LogP contribution in [0, 0.1) is 5.82 Å². The summed E-state index contributed by atoms with van der Waals surface area (Å²) in [7, 11) is 0. The zero-order chi connectivity index (χ0) is 17.8. The highest BCUT2D eigenvalue weighted by Crippen LogP contribution is 2.30. The van der Waals surface area contributed by atoms with Gasteiger partial charge in [0.15, 0.2) is 0 Å². The van der Waals surface area contributed by atoms with Crippen molar-refractivity contribution in [1.82, 2.24) is 4.90 Å². The lowest BCUT2D eigenvalue weighted by Crippen LogP contribution is -2.48. The lowest BCUT2D eigenvalue weighted by Gasteiger charge is -2.40. The molecule has 3 aromatic rings. The molecular weight excluding hydrogens is 343 g/mol. The minimum Gasteiger partial charge on any atom is -0.367 e. The third kappa shape index (κ3) is 3.81. The third-order valence-electron chi connectivity index (χ3n) is 5.09. The Morgan fingerprint density at radius 3 is 2.27 bits per heavy atom. The predicted octanol–water partition coefficient (Wildman–Crippen LogP) is 4.99. The maximum Gasteiger partial charge on any atom is 0.146 e. The van der Waals surface area contributed by atoms with Crippen LogP contribution in [-0.2, 0) is 6.42 Å².